The number of rotatable bonds is 5. The number of hydrogen-bond acceptors (Lipinski definition) is 3. The van der Waals surface area contributed by atoms with Crippen LogP contribution in [0.25, 0.3) is 0 Å². The fourth-order valence-electron chi connectivity index (χ4n) is 2.10. The highest BCUT2D eigenvalue weighted by molar-refractivity contribution is 5.29. The summed E-state index contributed by atoms with van der Waals surface area (Å²) in [4.78, 5) is 0. The van der Waals surface area contributed by atoms with Crippen molar-refractivity contribution in [3.05, 3.63) is 29.8 Å². The first-order chi connectivity index (χ1) is 9.84. The summed E-state index contributed by atoms with van der Waals surface area (Å²) in [6, 6.07) is 4.11. The SMILES string of the molecule is FC(F)OC[C@H]1C[C@@H](Oc2ccc(C(F)(F)F)cc2)CN1. The van der Waals surface area contributed by atoms with Crippen molar-refractivity contribution < 1.29 is 31.4 Å². The number of nitrogens with one attached hydrogen (secondary N) is 1. The largest absolute Gasteiger partial charge is 0.489 e. The molecule has 1 aromatic rings. The van der Waals surface area contributed by atoms with E-state index < -0.39 is 18.4 Å². The fraction of sp³-hybridized carbons (Fsp3) is 0.538. The van der Waals surface area contributed by atoms with Gasteiger partial charge in [-0.25, -0.2) is 0 Å². The van der Waals surface area contributed by atoms with Gasteiger partial charge in [0.15, 0.2) is 0 Å². The third kappa shape index (κ3) is 4.82. The molecule has 1 aliphatic rings. The Labute approximate surface area is 118 Å². The lowest BCUT2D eigenvalue weighted by atomic mass is 10.2. The third-order valence-electron chi connectivity index (χ3n) is 3.09. The van der Waals surface area contributed by atoms with E-state index in [0.717, 1.165) is 12.1 Å². The van der Waals surface area contributed by atoms with Gasteiger partial charge in [-0.1, -0.05) is 0 Å². The Morgan fingerprint density at radius 1 is 1.19 bits per heavy atom. The van der Waals surface area contributed by atoms with E-state index in [-0.39, 0.29) is 18.8 Å². The van der Waals surface area contributed by atoms with E-state index in [0.29, 0.717) is 18.7 Å². The minimum atomic E-state index is -4.38. The summed E-state index contributed by atoms with van der Waals surface area (Å²) >= 11 is 0. The van der Waals surface area contributed by atoms with Crippen molar-refractivity contribution in [3.8, 4) is 5.75 Å². The molecule has 0 aliphatic carbocycles. The Hall–Kier alpha value is -1.41. The second-order valence-corrected chi connectivity index (χ2v) is 4.70. The lowest BCUT2D eigenvalue weighted by Crippen LogP contribution is -2.27. The molecule has 0 radical (unpaired) electrons. The van der Waals surface area contributed by atoms with E-state index in [4.69, 9.17) is 4.74 Å². The van der Waals surface area contributed by atoms with Crippen LogP contribution in [0.15, 0.2) is 24.3 Å². The van der Waals surface area contributed by atoms with Gasteiger partial charge in [-0.3, -0.25) is 0 Å². The zero-order valence-corrected chi connectivity index (χ0v) is 10.9. The Morgan fingerprint density at radius 2 is 1.86 bits per heavy atom. The molecule has 2 atom stereocenters. The lowest BCUT2D eigenvalue weighted by molar-refractivity contribution is -0.137. The molecule has 21 heavy (non-hydrogen) atoms. The molecule has 0 saturated carbocycles. The molecule has 8 heteroatoms. The summed E-state index contributed by atoms with van der Waals surface area (Å²) in [5, 5.41) is 2.95. The van der Waals surface area contributed by atoms with E-state index in [1.54, 1.807) is 0 Å². The highest BCUT2D eigenvalue weighted by Gasteiger charge is 2.30. The Balaban J connectivity index is 1.83. The summed E-state index contributed by atoms with van der Waals surface area (Å²) < 4.78 is 70.7. The first-order valence-electron chi connectivity index (χ1n) is 6.31. The van der Waals surface area contributed by atoms with E-state index in [1.165, 1.54) is 12.1 Å². The molecule has 0 bridgehead atoms. The summed E-state index contributed by atoms with van der Waals surface area (Å²) in [6.45, 7) is -2.52. The second-order valence-electron chi connectivity index (χ2n) is 4.70. The van der Waals surface area contributed by atoms with Gasteiger partial charge in [-0.15, -0.1) is 0 Å². The molecule has 1 aliphatic heterocycles. The summed E-state index contributed by atoms with van der Waals surface area (Å²) in [5.74, 6) is 0.310. The quantitative estimate of drug-likeness (QED) is 0.848. The average molecular weight is 311 g/mol. The standard InChI is InChI=1S/C13H14F5NO2/c14-12(15)20-7-9-5-11(6-19-9)21-10-3-1-8(2-4-10)13(16,17)18/h1-4,9,11-12,19H,5-7H2/t9-,11-/m1/s1. The van der Waals surface area contributed by atoms with Gasteiger partial charge in [0.25, 0.3) is 0 Å². The predicted octanol–water partition coefficient (Wildman–Crippen LogP) is 3.05. The van der Waals surface area contributed by atoms with Crippen LogP contribution in [0.4, 0.5) is 22.0 Å². The van der Waals surface area contributed by atoms with E-state index in [9.17, 15) is 22.0 Å². The maximum absolute atomic E-state index is 12.4. The highest BCUT2D eigenvalue weighted by Crippen LogP contribution is 2.30. The van der Waals surface area contributed by atoms with Gasteiger partial charge in [0.1, 0.15) is 11.9 Å². The van der Waals surface area contributed by atoms with Crippen molar-refractivity contribution in [2.24, 2.45) is 0 Å². The summed E-state index contributed by atoms with van der Waals surface area (Å²) in [5.41, 5.74) is -0.748. The predicted molar refractivity (Wildman–Crippen MR) is 64.2 cm³/mol. The highest BCUT2D eigenvalue weighted by atomic mass is 19.4. The zero-order chi connectivity index (χ0) is 15.5. The van der Waals surface area contributed by atoms with Crippen molar-refractivity contribution in [1.29, 1.82) is 0 Å². The average Bonchev–Trinajstić information content (AvgIpc) is 2.83. The first kappa shape index (κ1) is 16.0. The molecule has 0 amide bonds. The molecule has 0 unspecified atom stereocenters. The van der Waals surface area contributed by atoms with Gasteiger partial charge in [0.2, 0.25) is 0 Å². The second kappa shape index (κ2) is 6.57. The summed E-state index contributed by atoms with van der Waals surface area (Å²) in [6.07, 6.45) is -4.22. The van der Waals surface area contributed by atoms with Gasteiger partial charge in [0, 0.05) is 19.0 Å². The topological polar surface area (TPSA) is 30.5 Å². The van der Waals surface area contributed by atoms with Gasteiger partial charge >= 0.3 is 12.8 Å². The monoisotopic (exact) mass is 311 g/mol. The van der Waals surface area contributed by atoms with Crippen LogP contribution in [0.5, 0.6) is 5.75 Å². The number of halogens is 5. The van der Waals surface area contributed by atoms with Crippen LogP contribution >= 0.6 is 0 Å². The molecule has 118 valence electrons. The van der Waals surface area contributed by atoms with Crippen LogP contribution in [-0.2, 0) is 10.9 Å². The molecule has 1 heterocycles. The van der Waals surface area contributed by atoms with Crippen LogP contribution in [0.2, 0.25) is 0 Å². The molecule has 0 aromatic heterocycles. The number of hydrogen-bond donors (Lipinski definition) is 1. The van der Waals surface area contributed by atoms with Crippen LogP contribution in [0.3, 0.4) is 0 Å². The maximum atomic E-state index is 12.4. The number of benzene rings is 1. The molecule has 2 rings (SSSR count). The Kier molecular flexibility index (Phi) is 5.00. The first-order valence-corrected chi connectivity index (χ1v) is 6.31. The number of ether oxygens (including phenoxy) is 2. The zero-order valence-electron chi connectivity index (χ0n) is 10.9. The van der Waals surface area contributed by atoms with Crippen molar-refractivity contribution >= 4 is 0 Å². The van der Waals surface area contributed by atoms with Gasteiger partial charge < -0.3 is 14.8 Å². The molecular formula is C13H14F5NO2. The van der Waals surface area contributed by atoms with Crippen molar-refractivity contribution in [3.63, 3.8) is 0 Å². The third-order valence-corrected chi connectivity index (χ3v) is 3.09. The van der Waals surface area contributed by atoms with Crippen LogP contribution < -0.4 is 10.1 Å². The maximum Gasteiger partial charge on any atom is 0.416 e. The van der Waals surface area contributed by atoms with E-state index in [1.807, 2.05) is 0 Å². The van der Waals surface area contributed by atoms with Crippen molar-refractivity contribution in [1.82, 2.24) is 5.32 Å². The van der Waals surface area contributed by atoms with Crippen LogP contribution in [-0.4, -0.2) is 31.9 Å². The molecule has 1 N–H and O–H groups in total. The molecule has 0 spiro atoms. The van der Waals surface area contributed by atoms with Gasteiger partial charge in [-0.2, -0.15) is 22.0 Å². The van der Waals surface area contributed by atoms with Crippen LogP contribution in [0, 0.1) is 0 Å². The Bertz CT molecular complexity index is 449. The molecule has 1 aromatic carbocycles. The lowest BCUT2D eigenvalue weighted by Gasteiger charge is -2.14. The summed E-state index contributed by atoms with van der Waals surface area (Å²) in [7, 11) is 0. The van der Waals surface area contributed by atoms with Gasteiger partial charge in [-0.05, 0) is 24.3 Å². The van der Waals surface area contributed by atoms with Crippen molar-refractivity contribution in [2.45, 2.75) is 31.4 Å². The van der Waals surface area contributed by atoms with Crippen LogP contribution in [0.1, 0.15) is 12.0 Å². The normalized spacial score (nSPS) is 22.8. The molecule has 1 fully saturated rings. The minimum Gasteiger partial charge on any atom is -0.489 e. The van der Waals surface area contributed by atoms with Gasteiger partial charge in [0.05, 0.1) is 12.2 Å². The van der Waals surface area contributed by atoms with E-state index in [2.05, 4.69) is 10.1 Å². The van der Waals surface area contributed by atoms with E-state index >= 15 is 0 Å². The fourth-order valence-corrected chi connectivity index (χ4v) is 2.10. The molecular weight excluding hydrogens is 297 g/mol. The molecule has 3 nitrogen and oxygen atoms in total. The minimum absolute atomic E-state index is 0.134. The molecule has 1 saturated heterocycles. The number of alkyl halides is 5. The van der Waals surface area contributed by atoms with Crippen molar-refractivity contribution in [2.75, 3.05) is 13.2 Å². The smallest absolute Gasteiger partial charge is 0.416 e. The Morgan fingerprint density at radius 3 is 2.43 bits per heavy atom.